The standard InChI is InChI=1S/C5H2Cl2N.Li/c6-4-1-2-8-5(7)3-4;/h1-2H;/q-1;+1. The van der Waals surface area contributed by atoms with Crippen LogP contribution in [0.4, 0.5) is 0 Å². The average molecular weight is 154 g/mol. The summed E-state index contributed by atoms with van der Waals surface area (Å²) in [6.07, 6.45) is 1.53. The maximum Gasteiger partial charge on any atom is 1.00 e. The van der Waals surface area contributed by atoms with E-state index in [1.165, 1.54) is 6.20 Å². The molecule has 9 heavy (non-hydrogen) atoms. The van der Waals surface area contributed by atoms with Crippen LogP contribution in [0.5, 0.6) is 0 Å². The predicted octanol–water partition coefficient (Wildman–Crippen LogP) is -0.807. The Labute approximate surface area is 75.6 Å². The number of pyridine rings is 1. The summed E-state index contributed by atoms with van der Waals surface area (Å²) in [6.45, 7) is 0. The van der Waals surface area contributed by atoms with E-state index in [9.17, 15) is 0 Å². The molecule has 0 spiro atoms. The second kappa shape index (κ2) is 4.19. The molecule has 0 aliphatic rings. The average Bonchev–Trinajstić information content (AvgIpc) is 1.64. The number of halogens is 2. The molecule has 1 aromatic heterocycles. The van der Waals surface area contributed by atoms with Gasteiger partial charge in [0.2, 0.25) is 0 Å². The van der Waals surface area contributed by atoms with E-state index >= 15 is 0 Å². The molecule has 0 bridgehead atoms. The zero-order valence-electron chi connectivity index (χ0n) is 4.86. The molecule has 0 N–H and O–H groups in total. The topological polar surface area (TPSA) is 12.9 Å². The third kappa shape index (κ3) is 3.13. The molecule has 0 saturated heterocycles. The summed E-state index contributed by atoms with van der Waals surface area (Å²) < 4.78 is 0. The molecule has 1 aromatic rings. The van der Waals surface area contributed by atoms with Gasteiger partial charge in [0.15, 0.2) is 0 Å². The maximum atomic E-state index is 5.46. The monoisotopic (exact) mass is 153 g/mol. The molecule has 42 valence electrons. The molecule has 1 heterocycles. The smallest absolute Gasteiger partial charge is 0.284 e. The first-order valence-electron chi connectivity index (χ1n) is 1.98. The molecule has 0 aromatic carbocycles. The van der Waals surface area contributed by atoms with Crippen LogP contribution in [0.25, 0.3) is 0 Å². The van der Waals surface area contributed by atoms with E-state index in [-0.39, 0.29) is 18.9 Å². The summed E-state index contributed by atoms with van der Waals surface area (Å²) in [5, 5.41) is 0.794. The van der Waals surface area contributed by atoms with Crippen molar-refractivity contribution in [3.63, 3.8) is 0 Å². The Balaban J connectivity index is 0.000000640. The van der Waals surface area contributed by atoms with E-state index in [0.29, 0.717) is 10.2 Å². The summed E-state index contributed by atoms with van der Waals surface area (Å²) in [5.74, 6) is 0. The van der Waals surface area contributed by atoms with E-state index in [1.807, 2.05) is 0 Å². The molecule has 0 saturated carbocycles. The molecule has 0 aliphatic carbocycles. The minimum Gasteiger partial charge on any atom is -0.284 e. The van der Waals surface area contributed by atoms with Crippen LogP contribution >= 0.6 is 23.2 Å². The third-order valence-electron chi connectivity index (χ3n) is 0.631. The van der Waals surface area contributed by atoms with Gasteiger partial charge in [0.25, 0.3) is 0 Å². The number of aromatic nitrogens is 1. The first-order valence-corrected chi connectivity index (χ1v) is 2.74. The van der Waals surface area contributed by atoms with E-state index in [0.717, 1.165) is 0 Å². The van der Waals surface area contributed by atoms with Crippen molar-refractivity contribution >= 4 is 23.2 Å². The van der Waals surface area contributed by atoms with Gasteiger partial charge in [-0.2, -0.15) is 12.1 Å². The van der Waals surface area contributed by atoms with Crippen LogP contribution in [0, 0.1) is 6.07 Å². The molecule has 0 radical (unpaired) electrons. The van der Waals surface area contributed by atoms with Gasteiger partial charge in [-0.05, 0) is 0 Å². The first kappa shape index (κ1) is 9.33. The van der Waals surface area contributed by atoms with Crippen LogP contribution in [0.15, 0.2) is 12.3 Å². The third-order valence-corrected chi connectivity index (χ3v) is 1.04. The van der Waals surface area contributed by atoms with Crippen LogP contribution in [0.3, 0.4) is 0 Å². The molecule has 1 nitrogen and oxygen atoms in total. The summed E-state index contributed by atoms with van der Waals surface area (Å²) in [4.78, 5) is 3.67. The quantitative estimate of drug-likeness (QED) is 0.270. The van der Waals surface area contributed by atoms with Crippen LogP contribution < -0.4 is 18.9 Å². The van der Waals surface area contributed by atoms with Crippen molar-refractivity contribution in [3.05, 3.63) is 28.5 Å². The largest absolute Gasteiger partial charge is 1.00 e. The number of hydrogen-bond acceptors (Lipinski definition) is 1. The number of nitrogens with zero attached hydrogens (tertiary/aromatic N) is 1. The molecule has 0 fully saturated rings. The van der Waals surface area contributed by atoms with Gasteiger partial charge in [0.05, 0.1) is 0 Å². The summed E-state index contributed by atoms with van der Waals surface area (Å²) in [7, 11) is 0. The fourth-order valence-electron chi connectivity index (χ4n) is 0.341. The van der Waals surface area contributed by atoms with Gasteiger partial charge in [-0.15, -0.1) is 16.6 Å². The molecule has 0 atom stereocenters. The molecular formula is C5H2Cl2LiN. The van der Waals surface area contributed by atoms with Crippen molar-refractivity contribution in [2.45, 2.75) is 0 Å². The SMILES string of the molecule is Clc1[c-]c(Cl)ncc1.[Li+]. The fourth-order valence-corrected chi connectivity index (χ4v) is 0.693. The van der Waals surface area contributed by atoms with Gasteiger partial charge in [-0.3, -0.25) is 4.98 Å². The number of rotatable bonds is 0. The molecule has 0 aliphatic heterocycles. The summed E-state index contributed by atoms with van der Waals surface area (Å²) in [6, 6.07) is 4.21. The van der Waals surface area contributed by atoms with Crippen LogP contribution in [-0.4, -0.2) is 4.98 Å². The van der Waals surface area contributed by atoms with Gasteiger partial charge < -0.3 is 0 Å². The normalized spacial score (nSPS) is 8.22. The Bertz CT molecular complexity index is 175. The van der Waals surface area contributed by atoms with E-state index in [1.54, 1.807) is 6.07 Å². The van der Waals surface area contributed by atoms with Crippen LogP contribution in [-0.2, 0) is 0 Å². The van der Waals surface area contributed by atoms with Gasteiger partial charge in [-0.1, -0.05) is 17.8 Å². The first-order chi connectivity index (χ1) is 3.79. The van der Waals surface area contributed by atoms with Crippen LogP contribution in [0.2, 0.25) is 10.2 Å². The minimum absolute atomic E-state index is 0. The Morgan fingerprint density at radius 1 is 1.44 bits per heavy atom. The molecule has 4 heteroatoms. The summed E-state index contributed by atoms with van der Waals surface area (Å²) >= 11 is 10.9. The Morgan fingerprint density at radius 3 is 2.44 bits per heavy atom. The molecule has 0 unspecified atom stereocenters. The van der Waals surface area contributed by atoms with Gasteiger partial charge in [0, 0.05) is 5.15 Å². The molecule has 1 rings (SSSR count). The van der Waals surface area contributed by atoms with Crippen molar-refractivity contribution in [2.75, 3.05) is 0 Å². The fraction of sp³-hybridized carbons (Fsp3) is 0. The van der Waals surface area contributed by atoms with Crippen molar-refractivity contribution < 1.29 is 18.9 Å². The van der Waals surface area contributed by atoms with E-state index in [4.69, 9.17) is 23.2 Å². The second-order valence-electron chi connectivity index (χ2n) is 1.21. The van der Waals surface area contributed by atoms with Crippen molar-refractivity contribution in [2.24, 2.45) is 0 Å². The Morgan fingerprint density at radius 2 is 2.11 bits per heavy atom. The predicted molar refractivity (Wildman–Crippen MR) is 33.1 cm³/mol. The Hall–Kier alpha value is 0.327. The van der Waals surface area contributed by atoms with E-state index in [2.05, 4.69) is 11.1 Å². The molecular weight excluding hydrogens is 152 g/mol. The summed E-state index contributed by atoms with van der Waals surface area (Å²) in [5.41, 5.74) is 0. The Kier molecular flexibility index (Phi) is 4.34. The number of hydrogen-bond donors (Lipinski definition) is 0. The van der Waals surface area contributed by atoms with Crippen molar-refractivity contribution in [1.29, 1.82) is 0 Å². The van der Waals surface area contributed by atoms with E-state index < -0.39 is 0 Å². The molecule has 0 amide bonds. The van der Waals surface area contributed by atoms with Gasteiger partial charge in [0.1, 0.15) is 0 Å². The van der Waals surface area contributed by atoms with Crippen molar-refractivity contribution in [1.82, 2.24) is 4.98 Å². The van der Waals surface area contributed by atoms with Crippen LogP contribution in [0.1, 0.15) is 0 Å². The minimum atomic E-state index is 0. The zero-order chi connectivity index (χ0) is 5.98. The zero-order valence-corrected chi connectivity index (χ0v) is 6.37. The maximum absolute atomic E-state index is 5.46. The van der Waals surface area contributed by atoms with Crippen molar-refractivity contribution in [3.8, 4) is 0 Å². The van der Waals surface area contributed by atoms with Gasteiger partial charge in [-0.25, -0.2) is 0 Å². The second-order valence-corrected chi connectivity index (χ2v) is 1.97. The van der Waals surface area contributed by atoms with Gasteiger partial charge >= 0.3 is 18.9 Å².